The third-order valence-electron chi connectivity index (χ3n) is 4.76. The molecule has 1 fully saturated rings. The molecule has 3 aromatic heterocycles. The second-order valence-electron chi connectivity index (χ2n) is 6.86. The largest absolute Gasteiger partial charge is 0.476 e. The summed E-state index contributed by atoms with van der Waals surface area (Å²) < 4.78 is 46.0. The van der Waals surface area contributed by atoms with E-state index in [4.69, 9.17) is 4.74 Å². The molecule has 0 N–H and O–H groups in total. The Hall–Kier alpha value is -2.91. The Kier molecular flexibility index (Phi) is 4.78. The topological polar surface area (TPSA) is 68.4 Å². The number of aryl methyl sites for hydroxylation is 1. The molecular weight excluding hydrogens is 373 g/mol. The van der Waals surface area contributed by atoms with E-state index < -0.39 is 11.9 Å². The van der Waals surface area contributed by atoms with Crippen molar-refractivity contribution >= 4 is 11.5 Å². The predicted octanol–water partition coefficient (Wildman–Crippen LogP) is 3.14. The molecule has 0 aliphatic carbocycles. The molecule has 0 saturated carbocycles. The van der Waals surface area contributed by atoms with E-state index in [0.29, 0.717) is 37.3 Å². The van der Waals surface area contributed by atoms with Gasteiger partial charge in [0, 0.05) is 25.2 Å². The maximum atomic E-state index is 12.8. The normalized spacial score (nSPS) is 15.9. The maximum absolute atomic E-state index is 12.8. The number of anilines is 1. The van der Waals surface area contributed by atoms with Gasteiger partial charge in [-0.2, -0.15) is 13.2 Å². The van der Waals surface area contributed by atoms with Gasteiger partial charge in [0.1, 0.15) is 17.8 Å². The number of hydrogen-bond acceptors (Lipinski definition) is 6. The molecule has 0 bridgehead atoms. The first-order chi connectivity index (χ1) is 13.4. The summed E-state index contributed by atoms with van der Waals surface area (Å²) in [7, 11) is 0. The first-order valence-electron chi connectivity index (χ1n) is 8.98. The lowest BCUT2D eigenvalue weighted by Gasteiger charge is -2.32. The van der Waals surface area contributed by atoms with Crippen LogP contribution in [0.4, 0.5) is 19.0 Å². The van der Waals surface area contributed by atoms with Crippen molar-refractivity contribution < 1.29 is 17.9 Å². The van der Waals surface area contributed by atoms with Crippen LogP contribution in [-0.4, -0.2) is 44.3 Å². The number of piperidine rings is 1. The molecule has 10 heteroatoms. The van der Waals surface area contributed by atoms with Crippen LogP contribution in [0.25, 0.3) is 5.65 Å². The lowest BCUT2D eigenvalue weighted by Crippen LogP contribution is -2.36. The lowest BCUT2D eigenvalue weighted by molar-refractivity contribution is -0.141. The number of aromatic nitrogens is 5. The number of rotatable bonds is 4. The average molecular weight is 392 g/mol. The van der Waals surface area contributed by atoms with Crippen molar-refractivity contribution in [3.63, 3.8) is 0 Å². The van der Waals surface area contributed by atoms with E-state index in [1.54, 1.807) is 10.6 Å². The summed E-state index contributed by atoms with van der Waals surface area (Å²) in [4.78, 5) is 13.5. The molecular formula is C18H19F3N6O. The minimum Gasteiger partial charge on any atom is -0.476 e. The highest BCUT2D eigenvalue weighted by Crippen LogP contribution is 2.30. The van der Waals surface area contributed by atoms with E-state index >= 15 is 0 Å². The molecule has 0 radical (unpaired) electrons. The quantitative estimate of drug-likeness (QED) is 0.680. The highest BCUT2D eigenvalue weighted by molar-refractivity contribution is 5.40. The molecule has 0 atom stereocenters. The van der Waals surface area contributed by atoms with Crippen molar-refractivity contribution in [1.29, 1.82) is 0 Å². The number of ether oxygens (including phenoxy) is 1. The molecule has 0 amide bonds. The van der Waals surface area contributed by atoms with Crippen LogP contribution in [0.1, 0.15) is 24.2 Å². The van der Waals surface area contributed by atoms with Crippen LogP contribution in [0.15, 0.2) is 30.7 Å². The van der Waals surface area contributed by atoms with Crippen LogP contribution >= 0.6 is 0 Å². The van der Waals surface area contributed by atoms with Crippen molar-refractivity contribution in [2.24, 2.45) is 5.92 Å². The first-order valence-corrected chi connectivity index (χ1v) is 8.98. The van der Waals surface area contributed by atoms with Crippen molar-refractivity contribution in [1.82, 2.24) is 24.6 Å². The Labute approximate surface area is 159 Å². The fourth-order valence-corrected chi connectivity index (χ4v) is 3.27. The SMILES string of the molecule is Cc1cn2nc(OCC3CCN(c4cc(C(F)(F)F)ncn4)CC3)ccc2n1. The zero-order valence-electron chi connectivity index (χ0n) is 15.2. The van der Waals surface area contributed by atoms with Crippen molar-refractivity contribution in [3.05, 3.63) is 42.1 Å². The minimum absolute atomic E-state index is 0.308. The lowest BCUT2D eigenvalue weighted by atomic mass is 9.98. The summed E-state index contributed by atoms with van der Waals surface area (Å²) >= 11 is 0. The van der Waals surface area contributed by atoms with Gasteiger partial charge in [-0.25, -0.2) is 19.5 Å². The molecule has 0 aromatic carbocycles. The molecule has 1 saturated heterocycles. The second kappa shape index (κ2) is 7.25. The summed E-state index contributed by atoms with van der Waals surface area (Å²) in [6, 6.07) is 4.64. The number of hydrogen-bond donors (Lipinski definition) is 0. The van der Waals surface area contributed by atoms with Gasteiger partial charge in [-0.1, -0.05) is 0 Å². The summed E-state index contributed by atoms with van der Waals surface area (Å²) in [5.74, 6) is 1.14. The van der Waals surface area contributed by atoms with Gasteiger partial charge in [0.2, 0.25) is 5.88 Å². The van der Waals surface area contributed by atoms with Gasteiger partial charge < -0.3 is 9.64 Å². The van der Waals surface area contributed by atoms with Gasteiger partial charge in [-0.05, 0) is 31.7 Å². The number of halogens is 3. The summed E-state index contributed by atoms with van der Waals surface area (Å²) in [5.41, 5.74) is 0.732. The summed E-state index contributed by atoms with van der Waals surface area (Å²) in [5, 5.41) is 4.37. The molecule has 0 unspecified atom stereocenters. The van der Waals surface area contributed by atoms with E-state index in [0.717, 1.165) is 36.6 Å². The Morgan fingerprint density at radius 1 is 1.18 bits per heavy atom. The zero-order valence-corrected chi connectivity index (χ0v) is 15.2. The van der Waals surface area contributed by atoms with Crippen LogP contribution < -0.4 is 9.64 Å². The monoisotopic (exact) mass is 392 g/mol. The number of alkyl halides is 3. The van der Waals surface area contributed by atoms with E-state index in [1.165, 1.54) is 0 Å². The number of nitrogens with zero attached hydrogens (tertiary/aromatic N) is 6. The Balaban J connectivity index is 1.32. The Morgan fingerprint density at radius 3 is 2.71 bits per heavy atom. The predicted molar refractivity (Wildman–Crippen MR) is 95.2 cm³/mol. The fourth-order valence-electron chi connectivity index (χ4n) is 3.27. The highest BCUT2D eigenvalue weighted by Gasteiger charge is 2.33. The third-order valence-corrected chi connectivity index (χ3v) is 4.76. The molecule has 1 aliphatic heterocycles. The zero-order chi connectivity index (χ0) is 19.7. The summed E-state index contributed by atoms with van der Waals surface area (Å²) in [6.45, 7) is 3.65. The molecule has 148 valence electrons. The molecule has 4 heterocycles. The molecule has 0 spiro atoms. The molecule has 7 nitrogen and oxygen atoms in total. The van der Waals surface area contributed by atoms with E-state index in [1.807, 2.05) is 24.1 Å². The van der Waals surface area contributed by atoms with E-state index in [2.05, 4.69) is 20.1 Å². The van der Waals surface area contributed by atoms with Crippen molar-refractivity contribution in [2.75, 3.05) is 24.6 Å². The van der Waals surface area contributed by atoms with Gasteiger partial charge >= 0.3 is 6.18 Å². The van der Waals surface area contributed by atoms with Crippen LogP contribution in [0, 0.1) is 12.8 Å². The minimum atomic E-state index is -4.47. The van der Waals surface area contributed by atoms with Crippen LogP contribution in [0.3, 0.4) is 0 Å². The molecule has 1 aliphatic rings. The van der Waals surface area contributed by atoms with E-state index in [-0.39, 0.29) is 0 Å². The standard InChI is InChI=1S/C18H19F3N6O/c1-12-9-27-15(24-12)2-3-17(25-27)28-10-13-4-6-26(7-5-13)16-8-14(18(19,20)21)22-11-23-16/h2-3,8-9,11,13H,4-7,10H2,1H3. The Bertz CT molecular complexity index is 965. The molecule has 4 rings (SSSR count). The van der Waals surface area contributed by atoms with Gasteiger partial charge in [-0.3, -0.25) is 0 Å². The van der Waals surface area contributed by atoms with Crippen LogP contribution in [0.2, 0.25) is 0 Å². The summed E-state index contributed by atoms with van der Waals surface area (Å²) in [6.07, 6.45) is -0.0636. The maximum Gasteiger partial charge on any atom is 0.433 e. The first kappa shape index (κ1) is 18.5. The van der Waals surface area contributed by atoms with Gasteiger partial charge in [0.05, 0.1) is 18.5 Å². The Morgan fingerprint density at radius 2 is 1.96 bits per heavy atom. The highest BCUT2D eigenvalue weighted by atomic mass is 19.4. The van der Waals surface area contributed by atoms with Gasteiger partial charge in [-0.15, -0.1) is 5.10 Å². The molecule has 3 aromatic rings. The van der Waals surface area contributed by atoms with Crippen LogP contribution in [-0.2, 0) is 6.18 Å². The smallest absolute Gasteiger partial charge is 0.433 e. The second-order valence-corrected chi connectivity index (χ2v) is 6.86. The average Bonchev–Trinajstić information content (AvgIpc) is 3.05. The number of imidazole rings is 1. The van der Waals surface area contributed by atoms with Crippen molar-refractivity contribution in [2.45, 2.75) is 25.9 Å². The van der Waals surface area contributed by atoms with Crippen LogP contribution in [0.5, 0.6) is 5.88 Å². The fraction of sp³-hybridized carbons (Fsp3) is 0.444. The molecule has 28 heavy (non-hydrogen) atoms. The van der Waals surface area contributed by atoms with Gasteiger partial charge in [0.15, 0.2) is 5.65 Å². The van der Waals surface area contributed by atoms with Gasteiger partial charge in [0.25, 0.3) is 0 Å². The van der Waals surface area contributed by atoms with Crippen molar-refractivity contribution in [3.8, 4) is 5.88 Å². The third kappa shape index (κ3) is 4.00. The van der Waals surface area contributed by atoms with E-state index in [9.17, 15) is 13.2 Å². The number of fused-ring (bicyclic) bond motifs is 1.